The molecule has 0 unspecified atom stereocenters. The van der Waals surface area contributed by atoms with Crippen LogP contribution >= 0.6 is 12.2 Å². The van der Waals surface area contributed by atoms with Crippen LogP contribution < -0.4 is 10.2 Å². The summed E-state index contributed by atoms with van der Waals surface area (Å²) in [7, 11) is 0. The molecule has 34 heavy (non-hydrogen) atoms. The molecule has 1 saturated heterocycles. The van der Waals surface area contributed by atoms with E-state index in [4.69, 9.17) is 16.6 Å². The lowest BCUT2D eigenvalue weighted by atomic mass is 10.0. The van der Waals surface area contributed by atoms with Crippen molar-refractivity contribution in [2.24, 2.45) is 0 Å². The summed E-state index contributed by atoms with van der Waals surface area (Å²) in [6, 6.07) is 19.9. The highest BCUT2D eigenvalue weighted by Crippen LogP contribution is 2.43. The molecule has 2 atom stereocenters. The average molecular weight is 474 g/mol. The van der Waals surface area contributed by atoms with E-state index in [0.29, 0.717) is 33.4 Å². The molecular weight excluding hydrogens is 453 g/mol. The minimum atomic E-state index is -1.04. The fourth-order valence-electron chi connectivity index (χ4n) is 4.24. The molecule has 170 valence electrons. The van der Waals surface area contributed by atoms with Crippen molar-refractivity contribution in [2.45, 2.75) is 19.0 Å². The molecule has 0 amide bonds. The summed E-state index contributed by atoms with van der Waals surface area (Å²) in [6.07, 6.45) is 1.71. The largest absolute Gasteiger partial charge is 0.478 e. The number of hydrogen-bond donors (Lipinski definition) is 2. The number of aromatic nitrogens is 1. The Morgan fingerprint density at radius 1 is 1.12 bits per heavy atom. The third kappa shape index (κ3) is 3.82. The predicted molar refractivity (Wildman–Crippen MR) is 130 cm³/mol. The normalized spacial score (nSPS) is 17.6. The van der Waals surface area contributed by atoms with Crippen molar-refractivity contribution in [2.75, 3.05) is 4.90 Å². The zero-order valence-electron chi connectivity index (χ0n) is 18.1. The number of furan rings is 1. The van der Waals surface area contributed by atoms with Crippen LogP contribution in [0.15, 0.2) is 83.4 Å². The summed E-state index contributed by atoms with van der Waals surface area (Å²) in [5.41, 5.74) is 2.60. The number of hydrogen-bond acceptors (Lipinski definition) is 4. The summed E-state index contributed by atoms with van der Waals surface area (Å²) in [4.78, 5) is 18.1. The fraction of sp³-hybridized carbons (Fsp3) is 0.115. The number of carbonyl (C=O) groups is 1. The summed E-state index contributed by atoms with van der Waals surface area (Å²) in [6.45, 7) is 1.70. The molecule has 5 rings (SSSR count). The summed E-state index contributed by atoms with van der Waals surface area (Å²) >= 11 is 5.68. The van der Waals surface area contributed by atoms with E-state index < -0.39 is 12.0 Å². The van der Waals surface area contributed by atoms with Crippen LogP contribution in [0.4, 0.5) is 10.1 Å². The minimum absolute atomic E-state index is 0.149. The third-order valence-electron chi connectivity index (χ3n) is 5.86. The van der Waals surface area contributed by atoms with Crippen LogP contribution in [0, 0.1) is 12.7 Å². The van der Waals surface area contributed by atoms with E-state index in [1.807, 2.05) is 29.2 Å². The van der Waals surface area contributed by atoms with Crippen LogP contribution in [0.2, 0.25) is 0 Å². The number of carboxylic acids is 1. The standard InChI is InChI=1S/C26H20FN3O3S/c1-15-14-16(9-10-19(15)27)30-24(23(29-26(30)34)20-8-4-5-13-28-20)22-12-11-21(33-22)17-6-2-3-7-18(17)25(31)32/h2-14,23-24H,1H3,(H,29,34)(H,31,32)/t23-,24+/m0/s1. The molecule has 2 aromatic heterocycles. The molecule has 1 aliphatic heterocycles. The van der Waals surface area contributed by atoms with Gasteiger partial charge in [-0.15, -0.1) is 0 Å². The molecule has 2 aromatic carbocycles. The van der Waals surface area contributed by atoms with Gasteiger partial charge in [-0.2, -0.15) is 0 Å². The van der Waals surface area contributed by atoms with Gasteiger partial charge in [0.1, 0.15) is 23.4 Å². The summed E-state index contributed by atoms with van der Waals surface area (Å²) in [5, 5.41) is 13.4. The number of nitrogens with zero attached hydrogens (tertiary/aromatic N) is 2. The van der Waals surface area contributed by atoms with E-state index >= 15 is 0 Å². The van der Waals surface area contributed by atoms with Crippen molar-refractivity contribution in [3.8, 4) is 11.3 Å². The van der Waals surface area contributed by atoms with Crippen LogP contribution in [0.5, 0.6) is 0 Å². The molecule has 0 bridgehead atoms. The van der Waals surface area contributed by atoms with E-state index in [1.165, 1.54) is 12.1 Å². The summed E-state index contributed by atoms with van der Waals surface area (Å²) < 4.78 is 20.2. The van der Waals surface area contributed by atoms with Gasteiger partial charge in [-0.1, -0.05) is 24.3 Å². The Balaban J connectivity index is 1.63. The maximum atomic E-state index is 14.0. The zero-order chi connectivity index (χ0) is 23.8. The molecule has 3 heterocycles. The SMILES string of the molecule is Cc1cc(N2C(=S)N[C@@H](c3ccccn3)[C@H]2c2ccc(-c3ccccc3C(=O)O)o2)ccc1F. The van der Waals surface area contributed by atoms with Gasteiger partial charge in [0, 0.05) is 17.4 Å². The first kappa shape index (κ1) is 21.8. The predicted octanol–water partition coefficient (Wildman–Crippen LogP) is 5.66. The van der Waals surface area contributed by atoms with Gasteiger partial charge >= 0.3 is 5.97 Å². The Kier molecular flexibility index (Phi) is 5.59. The number of aryl methyl sites for hydroxylation is 1. The molecule has 0 saturated carbocycles. The lowest BCUT2D eigenvalue weighted by molar-refractivity contribution is 0.0697. The van der Waals surface area contributed by atoms with Crippen LogP contribution in [-0.4, -0.2) is 21.2 Å². The quantitative estimate of drug-likeness (QED) is 0.362. The monoisotopic (exact) mass is 473 g/mol. The Bertz CT molecular complexity index is 1390. The lowest BCUT2D eigenvalue weighted by Crippen LogP contribution is -2.29. The smallest absolute Gasteiger partial charge is 0.336 e. The molecule has 0 radical (unpaired) electrons. The number of benzene rings is 2. The highest BCUT2D eigenvalue weighted by Gasteiger charge is 2.42. The first-order valence-electron chi connectivity index (χ1n) is 10.6. The van der Waals surface area contributed by atoms with Gasteiger partial charge in [0.2, 0.25) is 0 Å². The van der Waals surface area contributed by atoms with E-state index in [2.05, 4.69) is 10.3 Å². The average Bonchev–Trinajstić information content (AvgIpc) is 3.46. The van der Waals surface area contributed by atoms with Crippen LogP contribution in [-0.2, 0) is 0 Å². The zero-order valence-corrected chi connectivity index (χ0v) is 18.9. The Morgan fingerprint density at radius 2 is 1.91 bits per heavy atom. The van der Waals surface area contributed by atoms with Crippen molar-refractivity contribution < 1.29 is 18.7 Å². The second kappa shape index (κ2) is 8.72. The molecule has 2 N–H and O–H groups in total. The molecule has 6 nitrogen and oxygen atoms in total. The van der Waals surface area contributed by atoms with Gasteiger partial charge in [-0.05, 0) is 73.2 Å². The van der Waals surface area contributed by atoms with Gasteiger partial charge in [0.15, 0.2) is 5.11 Å². The van der Waals surface area contributed by atoms with E-state index in [0.717, 1.165) is 5.69 Å². The van der Waals surface area contributed by atoms with Crippen LogP contribution in [0.1, 0.15) is 39.5 Å². The first-order valence-corrected chi connectivity index (χ1v) is 11.0. The number of anilines is 1. The van der Waals surface area contributed by atoms with E-state index in [-0.39, 0.29) is 17.4 Å². The Morgan fingerprint density at radius 3 is 2.65 bits per heavy atom. The van der Waals surface area contributed by atoms with Gasteiger partial charge in [0.25, 0.3) is 0 Å². The second-order valence-electron chi connectivity index (χ2n) is 7.98. The summed E-state index contributed by atoms with van der Waals surface area (Å²) in [5.74, 6) is -0.335. The number of nitrogens with one attached hydrogen (secondary N) is 1. The molecule has 4 aromatic rings. The molecule has 1 aliphatic rings. The lowest BCUT2D eigenvalue weighted by Gasteiger charge is -2.26. The highest BCUT2D eigenvalue weighted by atomic mass is 32.1. The number of carboxylic acid groups (broad SMARTS) is 1. The Labute approximate surface area is 200 Å². The fourth-order valence-corrected chi connectivity index (χ4v) is 4.59. The van der Waals surface area contributed by atoms with Gasteiger partial charge in [-0.25, -0.2) is 9.18 Å². The minimum Gasteiger partial charge on any atom is -0.478 e. The van der Waals surface area contributed by atoms with Gasteiger partial charge in [0.05, 0.1) is 17.3 Å². The van der Waals surface area contributed by atoms with E-state index in [1.54, 1.807) is 49.5 Å². The topological polar surface area (TPSA) is 78.6 Å². The van der Waals surface area contributed by atoms with Crippen LogP contribution in [0.25, 0.3) is 11.3 Å². The van der Waals surface area contributed by atoms with Crippen molar-refractivity contribution in [1.29, 1.82) is 0 Å². The van der Waals surface area contributed by atoms with Crippen molar-refractivity contribution in [1.82, 2.24) is 10.3 Å². The number of rotatable bonds is 5. The van der Waals surface area contributed by atoms with Gasteiger partial charge in [-0.3, -0.25) is 4.98 Å². The number of aromatic carboxylic acids is 1. The molecular formula is C26H20FN3O3S. The van der Waals surface area contributed by atoms with Crippen molar-refractivity contribution in [3.63, 3.8) is 0 Å². The molecule has 0 aliphatic carbocycles. The third-order valence-corrected chi connectivity index (χ3v) is 6.17. The molecule has 0 spiro atoms. The van der Waals surface area contributed by atoms with Crippen LogP contribution in [0.3, 0.4) is 0 Å². The highest BCUT2D eigenvalue weighted by molar-refractivity contribution is 7.80. The maximum Gasteiger partial charge on any atom is 0.336 e. The van der Waals surface area contributed by atoms with Crippen molar-refractivity contribution in [3.05, 3.63) is 107 Å². The number of pyridine rings is 1. The molecule has 1 fully saturated rings. The number of thiocarbonyl (C=S) groups is 1. The van der Waals surface area contributed by atoms with E-state index in [9.17, 15) is 14.3 Å². The first-order chi connectivity index (χ1) is 16.4. The maximum absolute atomic E-state index is 14.0. The molecule has 8 heteroatoms. The number of halogens is 1. The Hall–Kier alpha value is -4.04. The second-order valence-corrected chi connectivity index (χ2v) is 8.37. The van der Waals surface area contributed by atoms with Gasteiger partial charge < -0.3 is 19.7 Å². The van der Waals surface area contributed by atoms with Crippen molar-refractivity contribution >= 4 is 29.0 Å².